The van der Waals surface area contributed by atoms with Gasteiger partial charge in [-0.05, 0) is 44.4 Å². The van der Waals surface area contributed by atoms with Crippen molar-refractivity contribution in [3.8, 4) is 5.75 Å². The third-order valence-corrected chi connectivity index (χ3v) is 3.81. The molecule has 116 valence electrons. The van der Waals surface area contributed by atoms with Gasteiger partial charge in [0.2, 0.25) is 0 Å². The number of rotatable bonds is 5. The molecule has 2 N–H and O–H groups in total. The third-order valence-electron chi connectivity index (χ3n) is 3.81. The molecule has 1 aromatic carbocycles. The highest BCUT2D eigenvalue weighted by atomic mass is 19.1. The molecule has 4 nitrogen and oxygen atoms in total. The van der Waals surface area contributed by atoms with E-state index in [0.29, 0.717) is 5.56 Å². The van der Waals surface area contributed by atoms with Crippen LogP contribution in [-0.2, 0) is 4.79 Å². The maximum absolute atomic E-state index is 13.9. The van der Waals surface area contributed by atoms with Gasteiger partial charge in [0, 0.05) is 6.04 Å². The second-order valence-corrected chi connectivity index (χ2v) is 5.62. The number of carbonyl (C=O) groups is 1. The van der Waals surface area contributed by atoms with Crippen molar-refractivity contribution in [2.24, 2.45) is 0 Å². The Morgan fingerprint density at radius 3 is 2.62 bits per heavy atom. The van der Waals surface area contributed by atoms with Crippen molar-refractivity contribution < 1.29 is 19.0 Å². The molecule has 0 heterocycles. The molecule has 1 amide bonds. The molecular weight excluding hydrogens is 273 g/mol. The molecule has 1 fully saturated rings. The summed E-state index contributed by atoms with van der Waals surface area (Å²) in [4.78, 5) is 12.0. The number of benzene rings is 1. The summed E-state index contributed by atoms with van der Waals surface area (Å²) in [6.45, 7) is 3.17. The van der Waals surface area contributed by atoms with Gasteiger partial charge in [0.15, 0.2) is 17.7 Å². The van der Waals surface area contributed by atoms with E-state index in [0.717, 1.165) is 25.7 Å². The number of carbonyl (C=O) groups excluding carboxylic acids is 1. The SMILES string of the molecule is CC(Oc1ccc([C@@H](C)O)cc1F)C(=O)NC1CCCC1. The van der Waals surface area contributed by atoms with Crippen LogP contribution in [0.2, 0.25) is 0 Å². The second kappa shape index (κ2) is 6.89. The average molecular weight is 295 g/mol. The van der Waals surface area contributed by atoms with E-state index in [1.54, 1.807) is 19.9 Å². The van der Waals surface area contributed by atoms with Crippen LogP contribution in [0.15, 0.2) is 18.2 Å². The van der Waals surface area contributed by atoms with Gasteiger partial charge in [-0.2, -0.15) is 0 Å². The molecule has 1 aliphatic carbocycles. The molecule has 0 spiro atoms. The van der Waals surface area contributed by atoms with E-state index in [1.807, 2.05) is 0 Å². The molecule has 0 aliphatic heterocycles. The molecule has 1 aliphatic rings. The van der Waals surface area contributed by atoms with Crippen LogP contribution in [0.4, 0.5) is 4.39 Å². The number of hydrogen-bond donors (Lipinski definition) is 2. The number of aliphatic hydroxyl groups excluding tert-OH is 1. The van der Waals surface area contributed by atoms with E-state index in [4.69, 9.17) is 4.74 Å². The lowest BCUT2D eigenvalue weighted by molar-refractivity contribution is -0.128. The van der Waals surface area contributed by atoms with Crippen molar-refractivity contribution in [2.45, 2.75) is 57.8 Å². The highest BCUT2D eigenvalue weighted by molar-refractivity contribution is 5.81. The largest absolute Gasteiger partial charge is 0.478 e. The Morgan fingerprint density at radius 2 is 2.05 bits per heavy atom. The van der Waals surface area contributed by atoms with Gasteiger partial charge in [-0.1, -0.05) is 18.9 Å². The topological polar surface area (TPSA) is 58.6 Å². The molecule has 1 saturated carbocycles. The molecule has 0 radical (unpaired) electrons. The van der Waals surface area contributed by atoms with E-state index in [9.17, 15) is 14.3 Å². The maximum Gasteiger partial charge on any atom is 0.260 e. The monoisotopic (exact) mass is 295 g/mol. The summed E-state index contributed by atoms with van der Waals surface area (Å²) < 4.78 is 19.3. The van der Waals surface area contributed by atoms with Gasteiger partial charge < -0.3 is 15.2 Å². The van der Waals surface area contributed by atoms with Gasteiger partial charge in [-0.15, -0.1) is 0 Å². The van der Waals surface area contributed by atoms with Crippen LogP contribution < -0.4 is 10.1 Å². The quantitative estimate of drug-likeness (QED) is 0.878. The zero-order valence-electron chi connectivity index (χ0n) is 12.4. The van der Waals surface area contributed by atoms with Crippen molar-refractivity contribution in [3.63, 3.8) is 0 Å². The van der Waals surface area contributed by atoms with Crippen molar-refractivity contribution in [2.75, 3.05) is 0 Å². The summed E-state index contributed by atoms with van der Waals surface area (Å²) in [6.07, 6.45) is 2.77. The van der Waals surface area contributed by atoms with Crippen LogP contribution in [0.1, 0.15) is 51.2 Å². The Bertz CT molecular complexity index is 498. The van der Waals surface area contributed by atoms with Crippen molar-refractivity contribution in [1.29, 1.82) is 0 Å². The molecule has 5 heteroatoms. The third kappa shape index (κ3) is 4.17. The first-order valence-electron chi connectivity index (χ1n) is 7.42. The Hall–Kier alpha value is -1.62. The van der Waals surface area contributed by atoms with Crippen molar-refractivity contribution >= 4 is 5.91 Å². The van der Waals surface area contributed by atoms with Crippen LogP contribution >= 0.6 is 0 Å². The van der Waals surface area contributed by atoms with Crippen LogP contribution in [0.5, 0.6) is 5.75 Å². The Kier molecular flexibility index (Phi) is 5.17. The minimum absolute atomic E-state index is 0.0217. The molecule has 2 rings (SSSR count). The number of ether oxygens (including phenoxy) is 1. The van der Waals surface area contributed by atoms with E-state index in [-0.39, 0.29) is 17.7 Å². The molecule has 2 atom stereocenters. The lowest BCUT2D eigenvalue weighted by Crippen LogP contribution is -2.41. The van der Waals surface area contributed by atoms with Crippen LogP contribution in [0.25, 0.3) is 0 Å². The lowest BCUT2D eigenvalue weighted by Gasteiger charge is -2.18. The highest BCUT2D eigenvalue weighted by Gasteiger charge is 2.22. The van der Waals surface area contributed by atoms with Crippen molar-refractivity contribution in [3.05, 3.63) is 29.6 Å². The minimum atomic E-state index is -0.752. The van der Waals surface area contributed by atoms with E-state index >= 15 is 0 Å². The molecule has 0 saturated heterocycles. The molecule has 21 heavy (non-hydrogen) atoms. The molecule has 0 bridgehead atoms. The molecule has 1 unspecified atom stereocenters. The standard InChI is InChI=1S/C16H22FNO3/c1-10(19)12-7-8-15(14(17)9-12)21-11(2)16(20)18-13-5-3-4-6-13/h7-11,13,19H,3-6H2,1-2H3,(H,18,20)/t10-,11?/m1/s1. The minimum Gasteiger partial charge on any atom is -0.478 e. The van der Waals surface area contributed by atoms with Gasteiger partial charge in [0.25, 0.3) is 5.91 Å². The second-order valence-electron chi connectivity index (χ2n) is 5.62. The zero-order valence-corrected chi connectivity index (χ0v) is 12.4. The zero-order chi connectivity index (χ0) is 15.4. The number of aliphatic hydroxyl groups is 1. The van der Waals surface area contributed by atoms with Crippen molar-refractivity contribution in [1.82, 2.24) is 5.32 Å². The first kappa shape index (κ1) is 15.8. The predicted octanol–water partition coefficient (Wildman–Crippen LogP) is 2.71. The normalized spacial score (nSPS) is 18.3. The molecular formula is C16H22FNO3. The maximum atomic E-state index is 13.9. The number of hydrogen-bond acceptors (Lipinski definition) is 3. The van der Waals surface area contributed by atoms with Gasteiger partial charge >= 0.3 is 0 Å². The smallest absolute Gasteiger partial charge is 0.260 e. The Labute approximate surface area is 124 Å². The summed E-state index contributed by atoms with van der Waals surface area (Å²) in [7, 11) is 0. The average Bonchev–Trinajstić information content (AvgIpc) is 2.93. The van der Waals surface area contributed by atoms with E-state index in [2.05, 4.69) is 5.32 Å². The number of nitrogens with one attached hydrogen (secondary N) is 1. The van der Waals surface area contributed by atoms with Crippen LogP contribution in [0.3, 0.4) is 0 Å². The van der Waals surface area contributed by atoms with Crippen LogP contribution in [0, 0.1) is 5.82 Å². The fourth-order valence-electron chi connectivity index (χ4n) is 2.51. The van der Waals surface area contributed by atoms with Gasteiger partial charge in [0.05, 0.1) is 6.10 Å². The molecule has 0 aromatic heterocycles. The summed E-state index contributed by atoms with van der Waals surface area (Å²) in [5.41, 5.74) is 0.475. The number of halogens is 1. The fraction of sp³-hybridized carbons (Fsp3) is 0.562. The van der Waals surface area contributed by atoms with E-state index < -0.39 is 18.0 Å². The summed E-state index contributed by atoms with van der Waals surface area (Å²) in [5, 5.41) is 12.3. The lowest BCUT2D eigenvalue weighted by atomic mass is 10.1. The molecule has 1 aromatic rings. The number of amides is 1. The Morgan fingerprint density at radius 1 is 1.38 bits per heavy atom. The summed E-state index contributed by atoms with van der Waals surface area (Å²) in [5.74, 6) is -0.775. The van der Waals surface area contributed by atoms with Gasteiger partial charge in [-0.25, -0.2) is 4.39 Å². The van der Waals surface area contributed by atoms with Gasteiger partial charge in [-0.3, -0.25) is 4.79 Å². The van der Waals surface area contributed by atoms with E-state index in [1.165, 1.54) is 12.1 Å². The first-order valence-corrected chi connectivity index (χ1v) is 7.42. The summed E-state index contributed by atoms with van der Waals surface area (Å²) >= 11 is 0. The Balaban J connectivity index is 1.95. The predicted molar refractivity (Wildman–Crippen MR) is 77.5 cm³/mol. The van der Waals surface area contributed by atoms with Crippen LogP contribution in [-0.4, -0.2) is 23.2 Å². The van der Waals surface area contributed by atoms with Gasteiger partial charge in [0.1, 0.15) is 0 Å². The summed E-state index contributed by atoms with van der Waals surface area (Å²) in [6, 6.07) is 4.47. The fourth-order valence-corrected chi connectivity index (χ4v) is 2.51. The first-order chi connectivity index (χ1) is 9.97. The highest BCUT2D eigenvalue weighted by Crippen LogP contribution is 2.23.